The van der Waals surface area contributed by atoms with Crippen molar-refractivity contribution in [3.63, 3.8) is 0 Å². The van der Waals surface area contributed by atoms with E-state index in [0.29, 0.717) is 18.0 Å². The topological polar surface area (TPSA) is 64.3 Å². The summed E-state index contributed by atoms with van der Waals surface area (Å²) in [6.45, 7) is 4.52. The fourth-order valence-electron chi connectivity index (χ4n) is 1.35. The van der Waals surface area contributed by atoms with Crippen LogP contribution in [0.5, 0.6) is 0 Å². The van der Waals surface area contributed by atoms with Gasteiger partial charge in [0.1, 0.15) is 6.61 Å². The van der Waals surface area contributed by atoms with Crippen molar-refractivity contribution in [1.82, 2.24) is 0 Å². The molecule has 94 valence electrons. The van der Waals surface area contributed by atoms with Crippen molar-refractivity contribution in [2.75, 3.05) is 24.3 Å². The Kier molecular flexibility index (Phi) is 5.44. The zero-order chi connectivity index (χ0) is 12.8. The van der Waals surface area contributed by atoms with Gasteiger partial charge in [0.15, 0.2) is 0 Å². The predicted octanol–water partition coefficient (Wildman–Crippen LogP) is 2.70. The maximum atomic E-state index is 11.6. The van der Waals surface area contributed by atoms with Gasteiger partial charge in [0.25, 0.3) is 0 Å². The van der Waals surface area contributed by atoms with Crippen molar-refractivity contribution in [1.29, 1.82) is 0 Å². The fraction of sp³-hybridized carbons (Fsp3) is 0.417. The Labute approximate surface area is 110 Å². The average Bonchev–Trinajstić information content (AvgIpc) is 2.25. The van der Waals surface area contributed by atoms with Gasteiger partial charge in [-0.1, -0.05) is 22.9 Å². The second kappa shape index (κ2) is 6.61. The van der Waals surface area contributed by atoms with Crippen LogP contribution in [-0.4, -0.2) is 19.1 Å². The molecule has 0 aliphatic heterocycles. The van der Waals surface area contributed by atoms with Gasteiger partial charge in [-0.3, -0.25) is 4.79 Å². The van der Waals surface area contributed by atoms with Crippen LogP contribution < -0.4 is 11.1 Å². The van der Waals surface area contributed by atoms with E-state index in [1.54, 1.807) is 6.07 Å². The van der Waals surface area contributed by atoms with Crippen LogP contribution in [0.2, 0.25) is 0 Å². The number of aryl methyl sites for hydroxylation is 1. The molecule has 17 heavy (non-hydrogen) atoms. The number of amides is 1. The standard InChI is InChI=1S/C12H17BrN2O2/c1-3-4-17-7-11(16)15-10-6-9(13)5-8(2)12(10)14/h5-6H,3-4,7,14H2,1-2H3,(H,15,16). The molecule has 0 aromatic heterocycles. The third kappa shape index (κ3) is 4.36. The largest absolute Gasteiger partial charge is 0.397 e. The number of nitrogens with two attached hydrogens (primary N) is 1. The Morgan fingerprint density at radius 1 is 1.53 bits per heavy atom. The highest BCUT2D eigenvalue weighted by molar-refractivity contribution is 9.10. The Morgan fingerprint density at radius 3 is 2.88 bits per heavy atom. The highest BCUT2D eigenvalue weighted by Gasteiger charge is 2.08. The summed E-state index contributed by atoms with van der Waals surface area (Å²) in [6, 6.07) is 3.68. The molecule has 1 rings (SSSR count). The summed E-state index contributed by atoms with van der Waals surface area (Å²) in [6.07, 6.45) is 0.894. The molecule has 1 aromatic rings. The molecule has 0 bridgehead atoms. The number of hydrogen-bond donors (Lipinski definition) is 2. The van der Waals surface area contributed by atoms with Gasteiger partial charge in [0, 0.05) is 11.1 Å². The third-order valence-corrected chi connectivity index (χ3v) is 2.67. The van der Waals surface area contributed by atoms with Gasteiger partial charge in [-0.05, 0) is 31.0 Å². The minimum Gasteiger partial charge on any atom is -0.397 e. The first-order valence-corrected chi connectivity index (χ1v) is 6.27. The van der Waals surface area contributed by atoms with E-state index in [9.17, 15) is 4.79 Å². The molecule has 5 heteroatoms. The fourth-order valence-corrected chi connectivity index (χ4v) is 1.93. The monoisotopic (exact) mass is 300 g/mol. The number of carbonyl (C=O) groups excluding carboxylic acids is 1. The molecular weight excluding hydrogens is 284 g/mol. The molecule has 0 unspecified atom stereocenters. The lowest BCUT2D eigenvalue weighted by Gasteiger charge is -2.11. The molecule has 4 nitrogen and oxygen atoms in total. The third-order valence-electron chi connectivity index (χ3n) is 2.21. The van der Waals surface area contributed by atoms with Crippen LogP contribution in [0.15, 0.2) is 16.6 Å². The second-order valence-corrected chi connectivity index (χ2v) is 4.70. The number of benzene rings is 1. The Morgan fingerprint density at radius 2 is 2.24 bits per heavy atom. The average molecular weight is 301 g/mol. The van der Waals surface area contributed by atoms with Crippen LogP contribution in [-0.2, 0) is 9.53 Å². The molecule has 0 radical (unpaired) electrons. The molecule has 1 aromatic carbocycles. The van der Waals surface area contributed by atoms with Gasteiger partial charge in [-0.15, -0.1) is 0 Å². The van der Waals surface area contributed by atoms with Crippen LogP contribution in [0.4, 0.5) is 11.4 Å². The zero-order valence-electron chi connectivity index (χ0n) is 10.0. The summed E-state index contributed by atoms with van der Waals surface area (Å²) >= 11 is 3.36. The lowest BCUT2D eigenvalue weighted by atomic mass is 10.2. The van der Waals surface area contributed by atoms with Crippen molar-refractivity contribution in [2.24, 2.45) is 0 Å². The van der Waals surface area contributed by atoms with Gasteiger partial charge >= 0.3 is 0 Å². The Hall–Kier alpha value is -1.07. The lowest BCUT2D eigenvalue weighted by Crippen LogP contribution is -2.19. The summed E-state index contributed by atoms with van der Waals surface area (Å²) in [4.78, 5) is 11.6. The van der Waals surface area contributed by atoms with E-state index in [2.05, 4.69) is 21.2 Å². The predicted molar refractivity (Wildman–Crippen MR) is 73.0 cm³/mol. The van der Waals surface area contributed by atoms with Crippen LogP contribution in [0, 0.1) is 6.92 Å². The van der Waals surface area contributed by atoms with Crippen molar-refractivity contribution >= 4 is 33.2 Å². The van der Waals surface area contributed by atoms with E-state index in [1.807, 2.05) is 19.9 Å². The van der Waals surface area contributed by atoms with E-state index in [0.717, 1.165) is 16.5 Å². The van der Waals surface area contributed by atoms with Crippen LogP contribution >= 0.6 is 15.9 Å². The molecule has 0 fully saturated rings. The van der Waals surface area contributed by atoms with E-state index in [4.69, 9.17) is 10.5 Å². The smallest absolute Gasteiger partial charge is 0.250 e. The quantitative estimate of drug-likeness (QED) is 0.649. The van der Waals surface area contributed by atoms with Crippen molar-refractivity contribution < 1.29 is 9.53 Å². The summed E-state index contributed by atoms with van der Waals surface area (Å²) < 4.78 is 6.04. The molecule has 3 N–H and O–H groups in total. The lowest BCUT2D eigenvalue weighted by molar-refractivity contribution is -0.120. The van der Waals surface area contributed by atoms with E-state index in [-0.39, 0.29) is 12.5 Å². The molecule has 0 aliphatic rings. The molecule has 0 spiro atoms. The van der Waals surface area contributed by atoms with Gasteiger partial charge in [-0.25, -0.2) is 0 Å². The Bertz CT molecular complexity index is 408. The van der Waals surface area contributed by atoms with E-state index < -0.39 is 0 Å². The molecule has 0 aliphatic carbocycles. The molecule has 0 saturated carbocycles. The number of halogens is 1. The number of nitrogen functional groups attached to an aromatic ring is 1. The number of hydrogen-bond acceptors (Lipinski definition) is 3. The summed E-state index contributed by atoms with van der Waals surface area (Å²) in [5.41, 5.74) is 7.99. The second-order valence-electron chi connectivity index (χ2n) is 3.78. The summed E-state index contributed by atoms with van der Waals surface area (Å²) in [7, 11) is 0. The highest BCUT2D eigenvalue weighted by atomic mass is 79.9. The number of carbonyl (C=O) groups is 1. The maximum Gasteiger partial charge on any atom is 0.250 e. The number of anilines is 2. The minimum absolute atomic E-state index is 0.0544. The van der Waals surface area contributed by atoms with Crippen molar-refractivity contribution in [3.8, 4) is 0 Å². The molecule has 0 saturated heterocycles. The number of ether oxygens (including phenoxy) is 1. The normalized spacial score (nSPS) is 10.3. The van der Waals surface area contributed by atoms with Gasteiger partial charge < -0.3 is 15.8 Å². The van der Waals surface area contributed by atoms with Gasteiger partial charge in [0.05, 0.1) is 11.4 Å². The first-order chi connectivity index (χ1) is 8.04. The Balaban J connectivity index is 2.65. The van der Waals surface area contributed by atoms with Crippen LogP contribution in [0.3, 0.4) is 0 Å². The van der Waals surface area contributed by atoms with E-state index >= 15 is 0 Å². The molecular formula is C12H17BrN2O2. The minimum atomic E-state index is -0.192. The van der Waals surface area contributed by atoms with E-state index in [1.165, 1.54) is 0 Å². The first kappa shape index (κ1) is 14.0. The van der Waals surface area contributed by atoms with Crippen LogP contribution in [0.25, 0.3) is 0 Å². The number of nitrogens with one attached hydrogen (secondary N) is 1. The SMILES string of the molecule is CCCOCC(=O)Nc1cc(Br)cc(C)c1N. The zero-order valence-corrected chi connectivity index (χ0v) is 11.6. The number of rotatable bonds is 5. The molecule has 0 atom stereocenters. The van der Waals surface area contributed by atoms with Gasteiger partial charge in [-0.2, -0.15) is 0 Å². The van der Waals surface area contributed by atoms with Crippen molar-refractivity contribution in [2.45, 2.75) is 20.3 Å². The summed E-state index contributed by atoms with van der Waals surface area (Å²) in [5.74, 6) is -0.192. The molecule has 0 heterocycles. The maximum absolute atomic E-state index is 11.6. The van der Waals surface area contributed by atoms with Gasteiger partial charge in [0.2, 0.25) is 5.91 Å². The first-order valence-electron chi connectivity index (χ1n) is 5.47. The van der Waals surface area contributed by atoms with Crippen LogP contribution in [0.1, 0.15) is 18.9 Å². The summed E-state index contributed by atoms with van der Waals surface area (Å²) in [5, 5.41) is 2.73. The highest BCUT2D eigenvalue weighted by Crippen LogP contribution is 2.27. The van der Waals surface area contributed by atoms with Crippen molar-refractivity contribution in [3.05, 3.63) is 22.2 Å². The molecule has 1 amide bonds.